The smallest absolute Gasteiger partial charge is 0.407 e. The molecule has 1 heterocycles. The first-order valence-corrected chi connectivity index (χ1v) is 15.6. The number of rotatable bonds is 12. The predicted octanol–water partition coefficient (Wildman–Crippen LogP) is 4.36. The van der Waals surface area contributed by atoms with Crippen molar-refractivity contribution in [3.63, 3.8) is 0 Å². The number of ether oxygens (including phenoxy) is 3. The fraction of sp³-hybridized carbons (Fsp3) is 0.567. The second-order valence-corrected chi connectivity index (χ2v) is 13.2. The number of carbonyl (C=O) groups is 1. The summed E-state index contributed by atoms with van der Waals surface area (Å²) in [5, 5.41) is 10.1. The number of carboxylic acid groups (broad SMARTS) is 1. The van der Waals surface area contributed by atoms with Crippen LogP contribution in [0.4, 0.5) is 4.79 Å². The minimum atomic E-state index is -3.88. The van der Waals surface area contributed by atoms with Crippen molar-refractivity contribution in [1.82, 2.24) is 13.5 Å². The Bertz CT molecular complexity index is 1220. The molecule has 1 N–H and O–H groups in total. The van der Waals surface area contributed by atoms with E-state index in [1.54, 1.807) is 19.2 Å². The molecule has 1 amide bonds. The van der Waals surface area contributed by atoms with Gasteiger partial charge in [0, 0.05) is 26.7 Å². The Labute approximate surface area is 244 Å². The first-order valence-electron chi connectivity index (χ1n) is 14.2. The highest BCUT2D eigenvalue weighted by Crippen LogP contribution is 2.34. The van der Waals surface area contributed by atoms with Crippen LogP contribution in [0.15, 0.2) is 54.6 Å². The minimum absolute atomic E-state index is 0.0285. The van der Waals surface area contributed by atoms with Gasteiger partial charge in [-0.3, -0.25) is 4.90 Å². The van der Waals surface area contributed by atoms with Crippen molar-refractivity contribution in [2.45, 2.75) is 82.5 Å². The summed E-state index contributed by atoms with van der Waals surface area (Å²) in [5.74, 6) is 0.675. The second kappa shape index (κ2) is 14.0. The van der Waals surface area contributed by atoms with Gasteiger partial charge in [-0.15, -0.1) is 0 Å². The van der Waals surface area contributed by atoms with Gasteiger partial charge in [-0.05, 0) is 62.3 Å². The lowest BCUT2D eigenvalue weighted by atomic mass is 9.94. The molecule has 2 aromatic carbocycles. The number of amides is 1. The average Bonchev–Trinajstić information content (AvgIpc) is 3.30. The van der Waals surface area contributed by atoms with Crippen molar-refractivity contribution in [3.8, 4) is 5.75 Å². The molecule has 0 bridgehead atoms. The number of nitrogens with zero attached hydrogens (tertiary/aromatic N) is 3. The van der Waals surface area contributed by atoms with E-state index >= 15 is 0 Å². The van der Waals surface area contributed by atoms with Crippen LogP contribution < -0.4 is 4.74 Å². The highest BCUT2D eigenvalue weighted by atomic mass is 32.2. The number of methoxy groups -OCH3 is 1. The molecule has 2 fully saturated rings. The van der Waals surface area contributed by atoms with Crippen molar-refractivity contribution >= 4 is 16.3 Å². The van der Waals surface area contributed by atoms with E-state index in [1.807, 2.05) is 37.3 Å². The summed E-state index contributed by atoms with van der Waals surface area (Å²) >= 11 is 0. The summed E-state index contributed by atoms with van der Waals surface area (Å²) < 4.78 is 47.5. The standard InChI is InChI=1S/C30H43N3O7S/c1-22-18-28(32(41(36,37)31(2)3)19-23-10-12-25(38-4)13-11-23)29(33(22)30(34)35)21-40-27-16-14-26(15-17-27)39-20-24-8-6-5-7-9-24/h5-13,22,26-29H,14-21H2,1-4H3,(H,34,35)/t22-,26?,27?,28+,29+/m1/s1. The van der Waals surface area contributed by atoms with E-state index in [9.17, 15) is 18.3 Å². The molecule has 2 aromatic rings. The minimum Gasteiger partial charge on any atom is -0.497 e. The summed E-state index contributed by atoms with van der Waals surface area (Å²) in [6, 6.07) is 15.8. The van der Waals surface area contributed by atoms with Gasteiger partial charge in [-0.1, -0.05) is 42.5 Å². The second-order valence-electron chi connectivity index (χ2n) is 11.1. The molecule has 4 rings (SSSR count). The van der Waals surface area contributed by atoms with Gasteiger partial charge in [0.05, 0.1) is 44.6 Å². The Morgan fingerprint density at radius 2 is 1.56 bits per heavy atom. The van der Waals surface area contributed by atoms with Gasteiger partial charge in [0.1, 0.15) is 5.75 Å². The predicted molar refractivity (Wildman–Crippen MR) is 156 cm³/mol. The van der Waals surface area contributed by atoms with E-state index in [0.29, 0.717) is 18.8 Å². The summed E-state index contributed by atoms with van der Waals surface area (Å²) in [7, 11) is 0.686. The largest absolute Gasteiger partial charge is 0.497 e. The van der Waals surface area contributed by atoms with Gasteiger partial charge in [0.2, 0.25) is 0 Å². The Morgan fingerprint density at radius 3 is 2.12 bits per heavy atom. The van der Waals surface area contributed by atoms with Gasteiger partial charge in [0.25, 0.3) is 10.2 Å². The maximum absolute atomic E-state index is 13.6. The molecule has 0 unspecified atom stereocenters. The van der Waals surface area contributed by atoms with Gasteiger partial charge < -0.3 is 19.3 Å². The zero-order chi connectivity index (χ0) is 29.6. The van der Waals surface area contributed by atoms with E-state index in [2.05, 4.69) is 12.1 Å². The van der Waals surface area contributed by atoms with Crippen molar-refractivity contribution in [2.24, 2.45) is 0 Å². The summed E-state index contributed by atoms with van der Waals surface area (Å²) in [6.07, 6.45) is 2.79. The topological polar surface area (TPSA) is 109 Å². The molecule has 3 atom stereocenters. The van der Waals surface area contributed by atoms with Crippen LogP contribution in [0.25, 0.3) is 0 Å². The number of hydrogen-bond acceptors (Lipinski definition) is 6. The number of likely N-dealkylation sites (tertiary alicyclic amines) is 1. The third-order valence-electron chi connectivity index (χ3n) is 8.16. The fourth-order valence-electron chi connectivity index (χ4n) is 5.84. The van der Waals surface area contributed by atoms with Crippen LogP contribution in [0.3, 0.4) is 0 Å². The van der Waals surface area contributed by atoms with Crippen LogP contribution >= 0.6 is 0 Å². The molecule has 0 spiro atoms. The van der Waals surface area contributed by atoms with Gasteiger partial charge >= 0.3 is 6.09 Å². The quantitative estimate of drug-likeness (QED) is 0.392. The highest BCUT2D eigenvalue weighted by molar-refractivity contribution is 7.86. The first kappa shape index (κ1) is 31.2. The zero-order valence-corrected chi connectivity index (χ0v) is 25.2. The van der Waals surface area contributed by atoms with Crippen molar-refractivity contribution in [3.05, 3.63) is 65.7 Å². The third-order valence-corrected chi connectivity index (χ3v) is 10.1. The normalized spacial score (nSPS) is 25.1. The molecule has 1 aliphatic heterocycles. The van der Waals surface area contributed by atoms with Gasteiger partial charge in [-0.2, -0.15) is 17.0 Å². The van der Waals surface area contributed by atoms with Crippen molar-refractivity contribution < 1.29 is 32.5 Å². The van der Waals surface area contributed by atoms with E-state index < -0.39 is 28.4 Å². The highest BCUT2D eigenvalue weighted by Gasteiger charge is 2.48. The average molecular weight is 590 g/mol. The molecule has 11 heteroatoms. The third kappa shape index (κ3) is 7.78. The van der Waals surface area contributed by atoms with E-state index in [-0.39, 0.29) is 31.4 Å². The molecule has 226 valence electrons. The molecule has 2 aliphatic rings. The molecular formula is C30H43N3O7S. The summed E-state index contributed by atoms with van der Waals surface area (Å²) in [6.45, 7) is 2.64. The van der Waals surface area contributed by atoms with Crippen molar-refractivity contribution in [2.75, 3.05) is 27.8 Å². The van der Waals surface area contributed by atoms with Crippen LogP contribution in [0.1, 0.15) is 50.2 Å². The molecule has 1 aliphatic carbocycles. The van der Waals surface area contributed by atoms with E-state index in [4.69, 9.17) is 14.2 Å². The number of hydrogen-bond donors (Lipinski definition) is 1. The van der Waals surface area contributed by atoms with E-state index in [1.165, 1.54) is 27.6 Å². The maximum Gasteiger partial charge on any atom is 0.407 e. The lowest BCUT2D eigenvalue weighted by molar-refractivity contribution is -0.0502. The molecular weight excluding hydrogens is 546 g/mol. The van der Waals surface area contributed by atoms with E-state index in [0.717, 1.165) is 36.8 Å². The lowest BCUT2D eigenvalue weighted by Gasteiger charge is -2.36. The van der Waals surface area contributed by atoms with Gasteiger partial charge in [-0.25, -0.2) is 4.79 Å². The monoisotopic (exact) mass is 589 g/mol. The SMILES string of the molecule is COc1ccc(CN([C@H]2C[C@@H](C)N(C(=O)O)[C@H]2COC2CCC(OCc3ccccc3)CC2)S(=O)(=O)N(C)C)cc1. The number of benzene rings is 2. The molecule has 0 aromatic heterocycles. The maximum atomic E-state index is 13.6. The molecule has 1 saturated carbocycles. The summed E-state index contributed by atoms with van der Waals surface area (Å²) in [5.41, 5.74) is 1.93. The van der Waals surface area contributed by atoms with Gasteiger partial charge in [0.15, 0.2) is 0 Å². The van der Waals surface area contributed by atoms with Crippen LogP contribution in [0, 0.1) is 0 Å². The Morgan fingerprint density at radius 1 is 0.951 bits per heavy atom. The Hall–Kier alpha value is -2.70. The fourth-order valence-corrected chi connectivity index (χ4v) is 7.14. The molecule has 1 saturated heterocycles. The van der Waals surface area contributed by atoms with Crippen molar-refractivity contribution in [1.29, 1.82) is 0 Å². The molecule has 41 heavy (non-hydrogen) atoms. The van der Waals surface area contributed by atoms with Crippen LogP contribution in [-0.2, 0) is 32.8 Å². The first-order chi connectivity index (χ1) is 19.6. The zero-order valence-electron chi connectivity index (χ0n) is 24.4. The lowest BCUT2D eigenvalue weighted by Crippen LogP contribution is -2.53. The van der Waals surface area contributed by atoms with Crippen LogP contribution in [0.2, 0.25) is 0 Å². The Balaban J connectivity index is 1.45. The van der Waals surface area contributed by atoms with Crippen LogP contribution in [-0.4, -0.2) is 91.3 Å². The molecule has 10 nitrogen and oxygen atoms in total. The Kier molecular flexibility index (Phi) is 10.6. The molecule has 0 radical (unpaired) electrons. The van der Waals surface area contributed by atoms with Crippen LogP contribution in [0.5, 0.6) is 5.75 Å². The summed E-state index contributed by atoms with van der Waals surface area (Å²) in [4.78, 5) is 13.7.